The Labute approximate surface area is 126 Å². The second-order valence-electron chi connectivity index (χ2n) is 5.68. The normalized spacial score (nSPS) is 11.0. The van der Waals surface area contributed by atoms with Crippen molar-refractivity contribution in [3.05, 3.63) is 41.7 Å². The number of hydrogen-bond acceptors (Lipinski definition) is 4. The third-order valence-electron chi connectivity index (χ3n) is 3.24. The van der Waals surface area contributed by atoms with E-state index in [-0.39, 0.29) is 5.92 Å². The molecule has 0 bridgehead atoms. The molecule has 2 aromatic rings. The summed E-state index contributed by atoms with van der Waals surface area (Å²) < 4.78 is 5.91. The van der Waals surface area contributed by atoms with E-state index in [1.165, 1.54) is 5.56 Å². The summed E-state index contributed by atoms with van der Waals surface area (Å²) in [6.45, 7) is 8.47. The van der Waals surface area contributed by atoms with Gasteiger partial charge in [-0.2, -0.15) is 4.98 Å². The van der Waals surface area contributed by atoms with Crippen LogP contribution in [-0.4, -0.2) is 17.0 Å². The number of nitrogens with one attached hydrogen (secondary N) is 1. The van der Waals surface area contributed by atoms with Gasteiger partial charge in [-0.15, -0.1) is 0 Å². The Morgan fingerprint density at radius 1 is 1.00 bits per heavy atom. The minimum atomic E-state index is 0.252. The Balaban J connectivity index is 2.30. The Morgan fingerprint density at radius 2 is 1.76 bits per heavy atom. The molecule has 1 heterocycles. The largest absolute Gasteiger partial charge is 0.439 e. The average Bonchev–Trinajstić information content (AvgIpc) is 2.47. The summed E-state index contributed by atoms with van der Waals surface area (Å²) in [5.74, 6) is 3.64. The van der Waals surface area contributed by atoms with E-state index < -0.39 is 0 Å². The zero-order chi connectivity index (χ0) is 15.4. The van der Waals surface area contributed by atoms with Crippen molar-refractivity contribution in [2.75, 3.05) is 12.4 Å². The van der Waals surface area contributed by atoms with E-state index >= 15 is 0 Å². The highest BCUT2D eigenvalue weighted by atomic mass is 16.5. The van der Waals surface area contributed by atoms with Crippen LogP contribution < -0.4 is 10.1 Å². The topological polar surface area (TPSA) is 47.0 Å². The van der Waals surface area contributed by atoms with Crippen molar-refractivity contribution in [2.24, 2.45) is 0 Å². The predicted octanol–water partition coefficient (Wildman–Crippen LogP) is 4.56. The summed E-state index contributed by atoms with van der Waals surface area (Å²) in [4.78, 5) is 8.91. The Morgan fingerprint density at radius 3 is 2.38 bits per heavy atom. The van der Waals surface area contributed by atoms with Gasteiger partial charge < -0.3 is 10.1 Å². The highest BCUT2D eigenvalue weighted by Gasteiger charge is 2.09. The van der Waals surface area contributed by atoms with E-state index in [4.69, 9.17) is 4.74 Å². The Kier molecular flexibility index (Phi) is 4.78. The number of rotatable bonds is 5. The fourth-order valence-electron chi connectivity index (χ4n) is 1.94. The lowest BCUT2D eigenvalue weighted by Gasteiger charge is -2.12. The van der Waals surface area contributed by atoms with Crippen LogP contribution >= 0.6 is 0 Å². The van der Waals surface area contributed by atoms with Gasteiger partial charge in [-0.25, -0.2) is 4.98 Å². The minimum Gasteiger partial charge on any atom is -0.439 e. The molecule has 0 aliphatic carbocycles. The fourth-order valence-corrected chi connectivity index (χ4v) is 1.94. The molecule has 21 heavy (non-hydrogen) atoms. The molecule has 0 fully saturated rings. The molecule has 0 amide bonds. The predicted molar refractivity (Wildman–Crippen MR) is 86.3 cm³/mol. The first-order chi connectivity index (χ1) is 9.99. The maximum Gasteiger partial charge on any atom is 0.224 e. The van der Waals surface area contributed by atoms with Crippen molar-refractivity contribution >= 4 is 5.82 Å². The van der Waals surface area contributed by atoms with Gasteiger partial charge in [0, 0.05) is 19.0 Å². The van der Waals surface area contributed by atoms with Crippen LogP contribution in [0.15, 0.2) is 30.3 Å². The minimum absolute atomic E-state index is 0.252. The van der Waals surface area contributed by atoms with E-state index in [9.17, 15) is 0 Å². The van der Waals surface area contributed by atoms with Crippen LogP contribution in [-0.2, 0) is 0 Å². The zero-order valence-electron chi connectivity index (χ0n) is 13.3. The smallest absolute Gasteiger partial charge is 0.224 e. The molecule has 1 aromatic heterocycles. The number of aromatic nitrogens is 2. The van der Waals surface area contributed by atoms with E-state index in [1.807, 2.05) is 25.2 Å². The molecular formula is C17H23N3O. The van der Waals surface area contributed by atoms with Crippen molar-refractivity contribution in [3.63, 3.8) is 0 Å². The highest BCUT2D eigenvalue weighted by Crippen LogP contribution is 2.26. The lowest BCUT2D eigenvalue weighted by Crippen LogP contribution is -2.03. The van der Waals surface area contributed by atoms with Gasteiger partial charge >= 0.3 is 0 Å². The van der Waals surface area contributed by atoms with Gasteiger partial charge in [0.25, 0.3) is 0 Å². The molecule has 0 unspecified atom stereocenters. The van der Waals surface area contributed by atoms with Crippen LogP contribution in [0, 0.1) is 0 Å². The van der Waals surface area contributed by atoms with Crippen LogP contribution in [0.25, 0.3) is 0 Å². The molecule has 0 aliphatic heterocycles. The molecule has 0 saturated carbocycles. The summed E-state index contributed by atoms with van der Waals surface area (Å²) in [5, 5.41) is 3.05. The van der Waals surface area contributed by atoms with Gasteiger partial charge in [-0.1, -0.05) is 39.8 Å². The third-order valence-corrected chi connectivity index (χ3v) is 3.24. The molecule has 1 aromatic carbocycles. The van der Waals surface area contributed by atoms with E-state index in [1.54, 1.807) is 0 Å². The molecule has 0 radical (unpaired) electrons. The molecule has 0 aliphatic rings. The summed E-state index contributed by atoms with van der Waals surface area (Å²) >= 11 is 0. The number of nitrogens with zero attached hydrogens (tertiary/aromatic N) is 2. The molecule has 0 spiro atoms. The van der Waals surface area contributed by atoms with Crippen molar-refractivity contribution in [3.8, 4) is 11.6 Å². The Hall–Kier alpha value is -2.10. The van der Waals surface area contributed by atoms with Gasteiger partial charge in [-0.05, 0) is 23.6 Å². The first-order valence-corrected chi connectivity index (χ1v) is 7.34. The SMILES string of the molecule is CNc1cc(Oc2cccc(C(C)C)c2)nc(C(C)C)n1. The molecule has 0 saturated heterocycles. The maximum absolute atomic E-state index is 5.91. The molecule has 1 N–H and O–H groups in total. The molecule has 0 atom stereocenters. The monoisotopic (exact) mass is 285 g/mol. The van der Waals surface area contributed by atoms with Crippen LogP contribution in [0.5, 0.6) is 11.6 Å². The lowest BCUT2D eigenvalue weighted by molar-refractivity contribution is 0.456. The van der Waals surface area contributed by atoms with Crippen molar-refractivity contribution < 1.29 is 4.74 Å². The summed E-state index contributed by atoms with van der Waals surface area (Å²) in [6.07, 6.45) is 0. The molecule has 4 heteroatoms. The van der Waals surface area contributed by atoms with E-state index in [0.29, 0.717) is 11.8 Å². The number of hydrogen-bond donors (Lipinski definition) is 1. The quantitative estimate of drug-likeness (QED) is 0.875. The third kappa shape index (κ3) is 3.94. The van der Waals surface area contributed by atoms with Gasteiger partial charge in [0.05, 0.1) is 0 Å². The van der Waals surface area contributed by atoms with Crippen molar-refractivity contribution in [1.82, 2.24) is 9.97 Å². The van der Waals surface area contributed by atoms with E-state index in [0.717, 1.165) is 17.4 Å². The molecular weight excluding hydrogens is 262 g/mol. The summed E-state index contributed by atoms with van der Waals surface area (Å²) in [5.41, 5.74) is 1.25. The van der Waals surface area contributed by atoms with Gasteiger partial charge in [0.15, 0.2) is 0 Å². The van der Waals surface area contributed by atoms with Gasteiger partial charge in [-0.3, -0.25) is 0 Å². The van der Waals surface area contributed by atoms with Gasteiger partial charge in [0.2, 0.25) is 5.88 Å². The zero-order valence-corrected chi connectivity index (χ0v) is 13.3. The van der Waals surface area contributed by atoms with Crippen molar-refractivity contribution in [1.29, 1.82) is 0 Å². The summed E-state index contributed by atoms with van der Waals surface area (Å²) in [6, 6.07) is 9.93. The Bertz CT molecular complexity index is 609. The van der Waals surface area contributed by atoms with Gasteiger partial charge in [0.1, 0.15) is 17.4 Å². The second kappa shape index (κ2) is 6.57. The van der Waals surface area contributed by atoms with Crippen LogP contribution in [0.3, 0.4) is 0 Å². The summed E-state index contributed by atoms with van der Waals surface area (Å²) in [7, 11) is 1.84. The van der Waals surface area contributed by atoms with Crippen LogP contribution in [0.4, 0.5) is 5.82 Å². The number of anilines is 1. The average molecular weight is 285 g/mol. The molecule has 112 valence electrons. The van der Waals surface area contributed by atoms with E-state index in [2.05, 4.69) is 55.1 Å². The van der Waals surface area contributed by atoms with Crippen LogP contribution in [0.2, 0.25) is 0 Å². The number of benzene rings is 1. The standard InChI is InChI=1S/C17H23N3O/c1-11(2)13-7-6-8-14(9-13)21-16-10-15(18-5)19-17(20-16)12(3)4/h6-12H,1-5H3,(H,18,19,20). The first-order valence-electron chi connectivity index (χ1n) is 7.34. The molecule has 2 rings (SSSR count). The maximum atomic E-state index is 5.91. The fraction of sp³-hybridized carbons (Fsp3) is 0.412. The highest BCUT2D eigenvalue weighted by molar-refractivity contribution is 5.40. The van der Waals surface area contributed by atoms with Crippen LogP contribution in [0.1, 0.15) is 50.9 Å². The first kappa shape index (κ1) is 15.3. The lowest BCUT2D eigenvalue weighted by atomic mass is 10.0. The second-order valence-corrected chi connectivity index (χ2v) is 5.68. The number of ether oxygens (including phenoxy) is 1. The van der Waals surface area contributed by atoms with Crippen molar-refractivity contribution in [2.45, 2.75) is 39.5 Å². The molecule has 4 nitrogen and oxygen atoms in total.